The Morgan fingerprint density at radius 2 is 1.90 bits per heavy atom. The smallest absolute Gasteiger partial charge is 0.323 e. The summed E-state index contributed by atoms with van der Waals surface area (Å²) in [4.78, 5) is 11.3. The third-order valence-electron chi connectivity index (χ3n) is 3.83. The number of hydrogen-bond donors (Lipinski definition) is 2. The molecule has 0 saturated heterocycles. The van der Waals surface area contributed by atoms with E-state index in [0.717, 1.165) is 16.9 Å². The number of hydrogen-bond acceptors (Lipinski definition) is 3. The number of carboxylic acids is 1. The fraction of sp³-hybridized carbons (Fsp3) is 0.588. The van der Waals surface area contributed by atoms with Gasteiger partial charge in [0.25, 0.3) is 0 Å². The number of carboxylic acid groups (broad SMARTS) is 1. The molecule has 0 saturated carbocycles. The first-order valence-corrected chi connectivity index (χ1v) is 7.26. The molecule has 0 heterocycles. The third kappa shape index (κ3) is 4.46. The topological polar surface area (TPSA) is 58.6 Å². The number of benzene rings is 1. The van der Waals surface area contributed by atoms with Crippen LogP contribution in [0.25, 0.3) is 0 Å². The molecule has 2 N–H and O–H groups in total. The molecule has 0 aliphatic rings. The summed E-state index contributed by atoms with van der Waals surface area (Å²) in [6.07, 6.45) is 0.399. The zero-order valence-electron chi connectivity index (χ0n) is 13.9. The maximum atomic E-state index is 11.3. The molecule has 4 nitrogen and oxygen atoms in total. The van der Waals surface area contributed by atoms with Gasteiger partial charge in [-0.15, -0.1) is 0 Å². The predicted molar refractivity (Wildman–Crippen MR) is 85.1 cm³/mol. The molecular formula is C17H27NO3. The lowest BCUT2D eigenvalue weighted by atomic mass is 9.86. The van der Waals surface area contributed by atoms with E-state index in [1.165, 1.54) is 0 Å². The van der Waals surface area contributed by atoms with Gasteiger partial charge in [0.15, 0.2) is 0 Å². The predicted octanol–water partition coefficient (Wildman–Crippen LogP) is 3.12. The number of likely N-dealkylation sites (N-methyl/N-ethyl adjacent to an activating group) is 1. The summed E-state index contributed by atoms with van der Waals surface area (Å²) in [6, 6.07) is 6.17. The van der Waals surface area contributed by atoms with Crippen molar-refractivity contribution in [2.45, 2.75) is 52.0 Å². The highest BCUT2D eigenvalue weighted by Crippen LogP contribution is 2.32. The Morgan fingerprint density at radius 1 is 1.29 bits per heavy atom. The molecule has 0 fully saturated rings. The van der Waals surface area contributed by atoms with Gasteiger partial charge in [-0.1, -0.05) is 32.9 Å². The van der Waals surface area contributed by atoms with Gasteiger partial charge in [-0.25, -0.2) is 0 Å². The summed E-state index contributed by atoms with van der Waals surface area (Å²) in [6.45, 7) is 10.5. The van der Waals surface area contributed by atoms with Crippen molar-refractivity contribution in [1.82, 2.24) is 5.32 Å². The normalized spacial score (nSPS) is 14.6. The lowest BCUT2D eigenvalue weighted by Gasteiger charge is -2.26. The zero-order chi connectivity index (χ0) is 16.3. The summed E-state index contributed by atoms with van der Waals surface area (Å²) >= 11 is 0. The van der Waals surface area contributed by atoms with Crippen molar-refractivity contribution < 1.29 is 14.6 Å². The van der Waals surface area contributed by atoms with E-state index in [1.54, 1.807) is 14.0 Å². The molecule has 21 heavy (non-hydrogen) atoms. The van der Waals surface area contributed by atoms with Gasteiger partial charge in [0.2, 0.25) is 0 Å². The van der Waals surface area contributed by atoms with E-state index in [2.05, 4.69) is 38.2 Å². The first-order valence-electron chi connectivity index (χ1n) is 7.26. The molecule has 0 aliphatic heterocycles. The second kappa shape index (κ2) is 6.48. The van der Waals surface area contributed by atoms with Gasteiger partial charge in [-0.2, -0.15) is 0 Å². The van der Waals surface area contributed by atoms with Crippen LogP contribution < -0.4 is 10.1 Å². The fourth-order valence-electron chi connectivity index (χ4n) is 2.07. The Labute approximate surface area is 127 Å². The number of rotatable bonds is 6. The van der Waals surface area contributed by atoms with Crippen molar-refractivity contribution in [3.05, 3.63) is 29.3 Å². The van der Waals surface area contributed by atoms with Crippen LogP contribution in [0, 0.1) is 6.92 Å². The number of carbonyl (C=O) groups is 1. The van der Waals surface area contributed by atoms with Crippen molar-refractivity contribution in [2.24, 2.45) is 0 Å². The van der Waals surface area contributed by atoms with Crippen molar-refractivity contribution >= 4 is 5.97 Å². The molecular weight excluding hydrogens is 266 g/mol. The van der Waals surface area contributed by atoms with Crippen LogP contribution in [0.1, 0.15) is 45.2 Å². The standard InChI is InChI=1S/C17H27NO3/c1-12-7-8-13(16(2,3)4)14(11-12)21-10-9-17(5,18-6)15(19)20/h7-8,11,18H,9-10H2,1-6H3,(H,19,20). The molecule has 4 heteroatoms. The minimum absolute atomic E-state index is 0.0118. The molecule has 1 aromatic rings. The van der Waals surface area contributed by atoms with Gasteiger partial charge in [0, 0.05) is 6.42 Å². The van der Waals surface area contributed by atoms with Crippen LogP contribution in [0.4, 0.5) is 0 Å². The van der Waals surface area contributed by atoms with Gasteiger partial charge in [-0.05, 0) is 43.5 Å². The zero-order valence-corrected chi connectivity index (χ0v) is 13.9. The average Bonchev–Trinajstić information content (AvgIpc) is 2.36. The van der Waals surface area contributed by atoms with E-state index >= 15 is 0 Å². The quantitative estimate of drug-likeness (QED) is 0.846. The molecule has 1 atom stereocenters. The van der Waals surface area contributed by atoms with Crippen LogP contribution in [-0.4, -0.2) is 30.3 Å². The van der Waals surface area contributed by atoms with E-state index in [0.29, 0.717) is 13.0 Å². The van der Waals surface area contributed by atoms with E-state index in [-0.39, 0.29) is 5.41 Å². The number of aliphatic carboxylic acids is 1. The summed E-state index contributed by atoms with van der Waals surface area (Å²) in [5, 5.41) is 12.1. The van der Waals surface area contributed by atoms with Gasteiger partial charge in [0.05, 0.1) is 6.61 Å². The van der Waals surface area contributed by atoms with Gasteiger partial charge < -0.3 is 15.2 Å². The highest BCUT2D eigenvalue weighted by molar-refractivity contribution is 5.78. The van der Waals surface area contributed by atoms with Crippen LogP contribution in [0.3, 0.4) is 0 Å². The van der Waals surface area contributed by atoms with Crippen molar-refractivity contribution in [1.29, 1.82) is 0 Å². The van der Waals surface area contributed by atoms with E-state index in [9.17, 15) is 9.90 Å². The van der Waals surface area contributed by atoms with Crippen LogP contribution in [0.2, 0.25) is 0 Å². The van der Waals surface area contributed by atoms with Crippen molar-refractivity contribution in [3.8, 4) is 5.75 Å². The molecule has 0 amide bonds. The number of ether oxygens (including phenoxy) is 1. The summed E-state index contributed by atoms with van der Waals surface area (Å²) in [5.41, 5.74) is 1.29. The van der Waals surface area contributed by atoms with E-state index in [1.807, 2.05) is 13.0 Å². The van der Waals surface area contributed by atoms with Crippen LogP contribution in [-0.2, 0) is 10.2 Å². The second-order valence-electron chi connectivity index (χ2n) is 6.74. The Morgan fingerprint density at radius 3 is 2.38 bits per heavy atom. The molecule has 1 aromatic carbocycles. The van der Waals surface area contributed by atoms with Gasteiger partial charge >= 0.3 is 5.97 Å². The summed E-state index contributed by atoms with van der Waals surface area (Å²) in [7, 11) is 1.65. The maximum Gasteiger partial charge on any atom is 0.323 e. The summed E-state index contributed by atoms with van der Waals surface area (Å²) in [5.74, 6) is -0.0276. The SMILES string of the molecule is CNC(C)(CCOc1cc(C)ccc1C(C)(C)C)C(=O)O. The monoisotopic (exact) mass is 293 g/mol. The van der Waals surface area contributed by atoms with Crippen molar-refractivity contribution in [3.63, 3.8) is 0 Å². The Balaban J connectivity index is 2.85. The minimum atomic E-state index is -0.967. The summed E-state index contributed by atoms with van der Waals surface area (Å²) < 4.78 is 5.89. The maximum absolute atomic E-state index is 11.3. The van der Waals surface area contributed by atoms with Gasteiger partial charge in [-0.3, -0.25) is 4.79 Å². The van der Waals surface area contributed by atoms with E-state index in [4.69, 9.17) is 4.74 Å². The molecule has 0 aromatic heterocycles. The molecule has 1 unspecified atom stereocenters. The van der Waals surface area contributed by atoms with E-state index < -0.39 is 11.5 Å². The highest BCUT2D eigenvalue weighted by atomic mass is 16.5. The first-order chi connectivity index (χ1) is 9.60. The highest BCUT2D eigenvalue weighted by Gasteiger charge is 2.31. The Hall–Kier alpha value is -1.55. The number of aryl methyl sites for hydroxylation is 1. The molecule has 0 bridgehead atoms. The Bertz CT molecular complexity index is 505. The van der Waals surface area contributed by atoms with Crippen LogP contribution >= 0.6 is 0 Å². The number of nitrogens with one attached hydrogen (secondary N) is 1. The molecule has 1 rings (SSSR count). The third-order valence-corrected chi connectivity index (χ3v) is 3.83. The molecule has 0 spiro atoms. The molecule has 0 aliphatic carbocycles. The largest absolute Gasteiger partial charge is 0.493 e. The fourth-order valence-corrected chi connectivity index (χ4v) is 2.07. The van der Waals surface area contributed by atoms with Crippen molar-refractivity contribution in [2.75, 3.05) is 13.7 Å². The Kier molecular flexibility index (Phi) is 5.40. The molecule has 118 valence electrons. The lowest BCUT2D eigenvalue weighted by Crippen LogP contribution is -2.48. The van der Waals surface area contributed by atoms with Crippen LogP contribution in [0.15, 0.2) is 18.2 Å². The molecule has 0 radical (unpaired) electrons. The average molecular weight is 293 g/mol. The van der Waals surface area contributed by atoms with Crippen LogP contribution in [0.5, 0.6) is 5.75 Å². The second-order valence-corrected chi connectivity index (χ2v) is 6.74. The lowest BCUT2D eigenvalue weighted by molar-refractivity contribution is -0.144. The minimum Gasteiger partial charge on any atom is -0.493 e. The first kappa shape index (κ1) is 17.5. The van der Waals surface area contributed by atoms with Gasteiger partial charge in [0.1, 0.15) is 11.3 Å².